The Morgan fingerprint density at radius 1 is 0.880 bits per heavy atom. The average Bonchev–Trinajstić information content (AvgIpc) is 2.68. The van der Waals surface area contributed by atoms with Crippen LogP contribution < -0.4 is 5.32 Å². The van der Waals surface area contributed by atoms with Crippen LogP contribution in [0.15, 0.2) is 60.7 Å². The summed E-state index contributed by atoms with van der Waals surface area (Å²) in [6.07, 6.45) is 6.49. The molecule has 2 aromatic rings. The van der Waals surface area contributed by atoms with Crippen LogP contribution in [0.3, 0.4) is 0 Å². The van der Waals surface area contributed by atoms with Crippen molar-refractivity contribution in [1.29, 1.82) is 0 Å². The highest BCUT2D eigenvalue weighted by Crippen LogP contribution is 2.20. The number of carbonyl (C=O) groups excluding carboxylic acids is 2. The molecule has 2 amide bonds. The number of rotatable bonds is 4. The van der Waals surface area contributed by atoms with E-state index in [1.54, 1.807) is 18.2 Å². The number of para-hydroxylation sites is 1. The van der Waals surface area contributed by atoms with Crippen LogP contribution >= 0.6 is 0 Å². The molecule has 0 bridgehead atoms. The van der Waals surface area contributed by atoms with E-state index in [0.717, 1.165) is 31.5 Å². The lowest BCUT2D eigenvalue weighted by Crippen LogP contribution is -2.36. The number of benzene rings is 2. The maximum Gasteiger partial charge on any atom is 0.255 e. The van der Waals surface area contributed by atoms with Gasteiger partial charge in [0.05, 0.1) is 11.3 Å². The van der Waals surface area contributed by atoms with Gasteiger partial charge in [0.25, 0.3) is 5.91 Å². The Morgan fingerprint density at radius 3 is 2.32 bits per heavy atom. The Bertz CT molecular complexity index is 762. The van der Waals surface area contributed by atoms with Crippen LogP contribution in [0.25, 0.3) is 6.08 Å². The van der Waals surface area contributed by atoms with E-state index in [9.17, 15) is 9.59 Å². The Hall–Kier alpha value is -2.88. The summed E-state index contributed by atoms with van der Waals surface area (Å²) in [6, 6.07) is 16.8. The van der Waals surface area contributed by atoms with Crippen LogP contribution in [-0.2, 0) is 4.79 Å². The Balaban J connectivity index is 1.71. The van der Waals surface area contributed by atoms with Crippen molar-refractivity contribution in [2.75, 3.05) is 18.4 Å². The highest BCUT2D eigenvalue weighted by Gasteiger charge is 2.20. The maximum atomic E-state index is 12.7. The fourth-order valence-electron chi connectivity index (χ4n) is 2.96. The normalized spacial score (nSPS) is 14.5. The molecule has 1 heterocycles. The molecule has 4 heteroatoms. The van der Waals surface area contributed by atoms with Gasteiger partial charge in [0.1, 0.15) is 0 Å². The standard InChI is InChI=1S/C21H22N2O2/c24-20(14-13-17-9-3-1-4-10-17)22-19-12-6-5-11-18(19)21(25)23-15-7-2-8-16-23/h1,3-6,9-14H,2,7-8,15-16H2,(H,22,24)/b14-13+. The van der Waals surface area contributed by atoms with E-state index in [0.29, 0.717) is 11.3 Å². The molecule has 1 aliphatic heterocycles. The third-order valence-electron chi connectivity index (χ3n) is 4.29. The molecule has 25 heavy (non-hydrogen) atoms. The molecular formula is C21H22N2O2. The summed E-state index contributed by atoms with van der Waals surface area (Å²) in [6.45, 7) is 1.57. The zero-order valence-corrected chi connectivity index (χ0v) is 14.2. The maximum absolute atomic E-state index is 12.7. The fourth-order valence-corrected chi connectivity index (χ4v) is 2.96. The summed E-state index contributed by atoms with van der Waals surface area (Å²) < 4.78 is 0. The van der Waals surface area contributed by atoms with Crippen LogP contribution in [0.2, 0.25) is 0 Å². The third kappa shape index (κ3) is 4.57. The predicted octanol–water partition coefficient (Wildman–Crippen LogP) is 3.96. The van der Waals surface area contributed by atoms with Gasteiger partial charge in [-0.2, -0.15) is 0 Å². The minimum absolute atomic E-state index is 0.0114. The van der Waals surface area contributed by atoms with Crippen molar-refractivity contribution in [3.63, 3.8) is 0 Å². The molecule has 1 N–H and O–H groups in total. The zero-order chi connectivity index (χ0) is 17.5. The molecular weight excluding hydrogens is 312 g/mol. The first-order chi connectivity index (χ1) is 12.2. The van der Waals surface area contributed by atoms with Gasteiger partial charge < -0.3 is 10.2 Å². The molecule has 2 aromatic carbocycles. The van der Waals surface area contributed by atoms with Crippen molar-refractivity contribution >= 4 is 23.6 Å². The van der Waals surface area contributed by atoms with Crippen molar-refractivity contribution in [3.05, 3.63) is 71.8 Å². The topological polar surface area (TPSA) is 49.4 Å². The van der Waals surface area contributed by atoms with Gasteiger partial charge in [-0.1, -0.05) is 42.5 Å². The summed E-state index contributed by atoms with van der Waals surface area (Å²) in [7, 11) is 0. The minimum atomic E-state index is -0.247. The summed E-state index contributed by atoms with van der Waals surface area (Å²) in [5, 5.41) is 2.83. The SMILES string of the molecule is O=C(/C=C/c1ccccc1)Nc1ccccc1C(=O)N1CCCCC1. The lowest BCUT2D eigenvalue weighted by molar-refractivity contribution is -0.111. The van der Waals surface area contributed by atoms with Gasteiger partial charge in [0, 0.05) is 19.2 Å². The Labute approximate surface area is 148 Å². The Morgan fingerprint density at radius 2 is 1.56 bits per heavy atom. The van der Waals surface area contributed by atoms with Crippen molar-refractivity contribution in [3.8, 4) is 0 Å². The third-order valence-corrected chi connectivity index (χ3v) is 4.29. The Kier molecular flexibility index (Phi) is 5.62. The second-order valence-electron chi connectivity index (χ2n) is 6.13. The number of nitrogens with zero attached hydrogens (tertiary/aromatic N) is 1. The number of likely N-dealkylation sites (tertiary alicyclic amines) is 1. The van der Waals surface area contributed by atoms with Gasteiger partial charge in [-0.3, -0.25) is 9.59 Å². The summed E-state index contributed by atoms with van der Waals surface area (Å²) in [4.78, 5) is 26.8. The van der Waals surface area contributed by atoms with Crippen molar-refractivity contribution in [2.45, 2.75) is 19.3 Å². The highest BCUT2D eigenvalue weighted by atomic mass is 16.2. The van der Waals surface area contributed by atoms with E-state index in [4.69, 9.17) is 0 Å². The molecule has 0 radical (unpaired) electrons. The van der Waals surface area contributed by atoms with Gasteiger partial charge in [-0.05, 0) is 43.0 Å². The highest BCUT2D eigenvalue weighted by molar-refractivity contribution is 6.07. The number of nitrogens with one attached hydrogen (secondary N) is 1. The first-order valence-electron chi connectivity index (χ1n) is 8.66. The van der Waals surface area contributed by atoms with Gasteiger partial charge in [-0.25, -0.2) is 0 Å². The van der Waals surface area contributed by atoms with E-state index >= 15 is 0 Å². The van der Waals surface area contributed by atoms with Gasteiger partial charge in [0.2, 0.25) is 5.91 Å². The van der Waals surface area contributed by atoms with Crippen LogP contribution in [0, 0.1) is 0 Å². The molecule has 0 aliphatic carbocycles. The molecule has 1 saturated heterocycles. The number of amides is 2. The molecule has 0 saturated carbocycles. The lowest BCUT2D eigenvalue weighted by Gasteiger charge is -2.27. The van der Waals surface area contributed by atoms with Crippen molar-refractivity contribution in [2.24, 2.45) is 0 Å². The monoisotopic (exact) mass is 334 g/mol. The first-order valence-corrected chi connectivity index (χ1v) is 8.66. The van der Waals surface area contributed by atoms with E-state index in [-0.39, 0.29) is 11.8 Å². The fraction of sp³-hybridized carbons (Fsp3) is 0.238. The molecule has 1 fully saturated rings. The van der Waals surface area contributed by atoms with E-state index in [1.807, 2.05) is 47.4 Å². The number of anilines is 1. The minimum Gasteiger partial charge on any atom is -0.339 e. The summed E-state index contributed by atoms with van der Waals surface area (Å²) in [5.41, 5.74) is 2.06. The number of hydrogen-bond donors (Lipinski definition) is 1. The van der Waals surface area contributed by atoms with Crippen LogP contribution in [0.5, 0.6) is 0 Å². The lowest BCUT2D eigenvalue weighted by atomic mass is 10.1. The van der Waals surface area contributed by atoms with Crippen molar-refractivity contribution in [1.82, 2.24) is 4.90 Å². The predicted molar refractivity (Wildman–Crippen MR) is 100 cm³/mol. The van der Waals surface area contributed by atoms with Crippen LogP contribution in [0.1, 0.15) is 35.2 Å². The first kappa shape index (κ1) is 17.0. The number of piperidine rings is 1. The quantitative estimate of drug-likeness (QED) is 0.860. The molecule has 0 unspecified atom stereocenters. The van der Waals surface area contributed by atoms with E-state index in [2.05, 4.69) is 5.32 Å². The second-order valence-corrected chi connectivity index (χ2v) is 6.13. The van der Waals surface area contributed by atoms with Crippen LogP contribution in [0.4, 0.5) is 5.69 Å². The van der Waals surface area contributed by atoms with Gasteiger partial charge in [0.15, 0.2) is 0 Å². The number of carbonyl (C=O) groups is 2. The molecule has 4 nitrogen and oxygen atoms in total. The number of hydrogen-bond acceptors (Lipinski definition) is 2. The molecule has 0 atom stereocenters. The smallest absolute Gasteiger partial charge is 0.255 e. The zero-order valence-electron chi connectivity index (χ0n) is 14.2. The van der Waals surface area contributed by atoms with Gasteiger partial charge >= 0.3 is 0 Å². The van der Waals surface area contributed by atoms with Gasteiger partial charge in [-0.15, -0.1) is 0 Å². The molecule has 0 aromatic heterocycles. The average molecular weight is 334 g/mol. The molecule has 0 spiro atoms. The molecule has 1 aliphatic rings. The van der Waals surface area contributed by atoms with Crippen molar-refractivity contribution < 1.29 is 9.59 Å². The summed E-state index contributed by atoms with van der Waals surface area (Å²) in [5.74, 6) is -0.259. The largest absolute Gasteiger partial charge is 0.339 e. The second kappa shape index (κ2) is 8.29. The molecule has 128 valence electrons. The van der Waals surface area contributed by atoms with Crippen LogP contribution in [-0.4, -0.2) is 29.8 Å². The molecule has 3 rings (SSSR count). The van der Waals surface area contributed by atoms with E-state index in [1.165, 1.54) is 12.5 Å². The van der Waals surface area contributed by atoms with E-state index < -0.39 is 0 Å². The summed E-state index contributed by atoms with van der Waals surface area (Å²) >= 11 is 0.